The summed E-state index contributed by atoms with van der Waals surface area (Å²) in [6.07, 6.45) is -2.97. The second-order valence-electron chi connectivity index (χ2n) is 7.55. The molecular formula is C22H26F3N3O3. The number of halogens is 3. The SMILES string of the molecule is CC(C)Oc1ccc(C(=O)NCC(c2ccc(C(F)(F)F)cc2)N2CCOCC2)cn1. The molecule has 1 unspecified atom stereocenters. The molecule has 1 N–H and O–H groups in total. The van der Waals surface area contributed by atoms with E-state index in [0.29, 0.717) is 43.3 Å². The molecule has 1 aromatic heterocycles. The highest BCUT2D eigenvalue weighted by molar-refractivity contribution is 5.93. The first-order valence-corrected chi connectivity index (χ1v) is 10.1. The van der Waals surface area contributed by atoms with Crippen molar-refractivity contribution in [1.29, 1.82) is 0 Å². The number of amides is 1. The van der Waals surface area contributed by atoms with E-state index in [1.807, 2.05) is 13.8 Å². The summed E-state index contributed by atoms with van der Waals surface area (Å²) < 4.78 is 49.6. The summed E-state index contributed by atoms with van der Waals surface area (Å²) in [6, 6.07) is 8.06. The molecule has 0 saturated carbocycles. The molecule has 0 radical (unpaired) electrons. The van der Waals surface area contributed by atoms with Crippen molar-refractivity contribution in [3.8, 4) is 5.88 Å². The minimum Gasteiger partial charge on any atom is -0.475 e. The highest BCUT2D eigenvalue weighted by atomic mass is 19.4. The predicted octanol–water partition coefficient (Wildman–Crippen LogP) is 3.69. The van der Waals surface area contributed by atoms with Gasteiger partial charge in [0.25, 0.3) is 5.91 Å². The molecule has 3 rings (SSSR count). The molecule has 1 saturated heterocycles. The molecule has 1 amide bonds. The summed E-state index contributed by atoms with van der Waals surface area (Å²) in [4.78, 5) is 18.8. The second-order valence-corrected chi connectivity index (χ2v) is 7.55. The molecule has 0 bridgehead atoms. The Kier molecular flexibility index (Phi) is 7.50. The van der Waals surface area contributed by atoms with E-state index in [1.165, 1.54) is 18.3 Å². The van der Waals surface area contributed by atoms with Gasteiger partial charge in [0.1, 0.15) is 0 Å². The number of hydrogen-bond acceptors (Lipinski definition) is 5. The lowest BCUT2D eigenvalue weighted by atomic mass is 10.0. The number of aromatic nitrogens is 1. The van der Waals surface area contributed by atoms with Crippen LogP contribution in [0.2, 0.25) is 0 Å². The fraction of sp³-hybridized carbons (Fsp3) is 0.455. The van der Waals surface area contributed by atoms with Crippen molar-refractivity contribution in [2.75, 3.05) is 32.8 Å². The zero-order valence-electron chi connectivity index (χ0n) is 17.5. The monoisotopic (exact) mass is 437 g/mol. The number of nitrogens with one attached hydrogen (secondary N) is 1. The molecule has 1 fully saturated rings. The Balaban J connectivity index is 1.70. The van der Waals surface area contributed by atoms with Crippen LogP contribution in [0.4, 0.5) is 13.2 Å². The number of ether oxygens (including phenoxy) is 2. The van der Waals surface area contributed by atoms with Gasteiger partial charge < -0.3 is 14.8 Å². The maximum Gasteiger partial charge on any atom is 0.416 e. The average Bonchev–Trinajstić information content (AvgIpc) is 2.74. The number of hydrogen-bond donors (Lipinski definition) is 1. The van der Waals surface area contributed by atoms with Crippen LogP contribution in [0.5, 0.6) is 5.88 Å². The van der Waals surface area contributed by atoms with Gasteiger partial charge >= 0.3 is 6.18 Å². The van der Waals surface area contributed by atoms with E-state index < -0.39 is 11.7 Å². The topological polar surface area (TPSA) is 63.7 Å². The standard InChI is InChI=1S/C22H26F3N3O3/c1-15(2)31-20-8-5-17(13-26-20)21(29)27-14-19(28-9-11-30-12-10-28)16-3-6-18(7-4-16)22(23,24)25/h3-8,13,15,19H,9-12,14H2,1-2H3,(H,27,29). The van der Waals surface area contributed by atoms with Crippen LogP contribution < -0.4 is 10.1 Å². The van der Waals surface area contributed by atoms with E-state index in [9.17, 15) is 18.0 Å². The first-order valence-electron chi connectivity index (χ1n) is 10.1. The minimum atomic E-state index is -4.39. The molecule has 2 heterocycles. The number of nitrogens with zero attached hydrogens (tertiary/aromatic N) is 2. The van der Waals surface area contributed by atoms with Gasteiger partial charge in [-0.15, -0.1) is 0 Å². The van der Waals surface area contributed by atoms with Crippen LogP contribution >= 0.6 is 0 Å². The maximum absolute atomic E-state index is 12.9. The molecule has 1 aliphatic rings. The van der Waals surface area contributed by atoms with E-state index in [-0.39, 0.29) is 24.6 Å². The normalized spacial score (nSPS) is 16.2. The van der Waals surface area contributed by atoms with Crippen molar-refractivity contribution in [3.05, 3.63) is 59.3 Å². The van der Waals surface area contributed by atoms with Crippen molar-refractivity contribution in [2.45, 2.75) is 32.2 Å². The zero-order valence-corrected chi connectivity index (χ0v) is 17.5. The van der Waals surface area contributed by atoms with Gasteiger partial charge in [0.2, 0.25) is 5.88 Å². The van der Waals surface area contributed by atoms with Gasteiger partial charge in [-0.2, -0.15) is 13.2 Å². The van der Waals surface area contributed by atoms with Crippen LogP contribution in [0.15, 0.2) is 42.6 Å². The van der Waals surface area contributed by atoms with Gasteiger partial charge in [-0.3, -0.25) is 9.69 Å². The molecule has 0 spiro atoms. The van der Waals surface area contributed by atoms with Crippen LogP contribution in [0.25, 0.3) is 0 Å². The average molecular weight is 437 g/mol. The van der Waals surface area contributed by atoms with E-state index in [2.05, 4.69) is 15.2 Å². The lowest BCUT2D eigenvalue weighted by Gasteiger charge is -2.35. The fourth-order valence-electron chi connectivity index (χ4n) is 3.36. The van der Waals surface area contributed by atoms with Crippen molar-refractivity contribution in [3.63, 3.8) is 0 Å². The molecule has 168 valence electrons. The summed E-state index contributed by atoms with van der Waals surface area (Å²) in [5.74, 6) is 0.122. The molecule has 2 aromatic rings. The molecular weight excluding hydrogens is 411 g/mol. The Hall–Kier alpha value is -2.65. The van der Waals surface area contributed by atoms with Crippen molar-refractivity contribution < 1.29 is 27.4 Å². The van der Waals surface area contributed by atoms with Gasteiger partial charge in [0.05, 0.1) is 36.5 Å². The van der Waals surface area contributed by atoms with Gasteiger partial charge in [0, 0.05) is 31.9 Å². The molecule has 1 aromatic carbocycles. The first kappa shape index (κ1) is 23.0. The Morgan fingerprint density at radius 1 is 1.16 bits per heavy atom. The van der Waals surface area contributed by atoms with Gasteiger partial charge in [-0.25, -0.2) is 4.98 Å². The number of carbonyl (C=O) groups excluding carboxylic acids is 1. The molecule has 0 aliphatic carbocycles. The van der Waals surface area contributed by atoms with Crippen LogP contribution in [0.1, 0.15) is 41.4 Å². The number of rotatable bonds is 7. The van der Waals surface area contributed by atoms with E-state index in [0.717, 1.165) is 12.1 Å². The van der Waals surface area contributed by atoms with Crippen molar-refractivity contribution >= 4 is 5.91 Å². The van der Waals surface area contributed by atoms with E-state index in [1.54, 1.807) is 12.1 Å². The summed E-state index contributed by atoms with van der Waals surface area (Å²) in [7, 11) is 0. The lowest BCUT2D eigenvalue weighted by Crippen LogP contribution is -2.43. The Bertz CT molecular complexity index is 849. The van der Waals surface area contributed by atoms with Gasteiger partial charge in [-0.05, 0) is 37.6 Å². The van der Waals surface area contributed by atoms with E-state index >= 15 is 0 Å². The summed E-state index contributed by atoms with van der Waals surface area (Å²) in [5.41, 5.74) is 0.383. The molecule has 1 aliphatic heterocycles. The van der Waals surface area contributed by atoms with Crippen molar-refractivity contribution in [2.24, 2.45) is 0 Å². The largest absolute Gasteiger partial charge is 0.475 e. The lowest BCUT2D eigenvalue weighted by molar-refractivity contribution is -0.137. The molecule has 1 atom stereocenters. The number of alkyl halides is 3. The van der Waals surface area contributed by atoms with Crippen LogP contribution in [0.3, 0.4) is 0 Å². The quantitative estimate of drug-likeness (QED) is 0.716. The zero-order chi connectivity index (χ0) is 22.4. The van der Waals surface area contributed by atoms with Crippen LogP contribution in [0, 0.1) is 0 Å². The Labute approximate surface area is 179 Å². The second kappa shape index (κ2) is 10.1. The van der Waals surface area contributed by atoms with Gasteiger partial charge in [-0.1, -0.05) is 12.1 Å². The highest BCUT2D eigenvalue weighted by Gasteiger charge is 2.31. The predicted molar refractivity (Wildman–Crippen MR) is 109 cm³/mol. The third-order valence-corrected chi connectivity index (χ3v) is 4.92. The Morgan fingerprint density at radius 3 is 2.39 bits per heavy atom. The van der Waals surface area contributed by atoms with Crippen LogP contribution in [-0.4, -0.2) is 54.7 Å². The number of carbonyl (C=O) groups is 1. The fourth-order valence-corrected chi connectivity index (χ4v) is 3.36. The number of morpholine rings is 1. The molecule has 31 heavy (non-hydrogen) atoms. The number of benzene rings is 1. The van der Waals surface area contributed by atoms with E-state index in [4.69, 9.17) is 9.47 Å². The summed E-state index contributed by atoms with van der Waals surface area (Å²) in [6.45, 7) is 6.34. The minimum absolute atomic E-state index is 0.0230. The molecule has 6 nitrogen and oxygen atoms in total. The third kappa shape index (κ3) is 6.41. The number of pyridine rings is 1. The highest BCUT2D eigenvalue weighted by Crippen LogP contribution is 2.31. The maximum atomic E-state index is 12.9. The third-order valence-electron chi connectivity index (χ3n) is 4.92. The van der Waals surface area contributed by atoms with Crippen LogP contribution in [-0.2, 0) is 10.9 Å². The first-order chi connectivity index (χ1) is 14.7. The summed E-state index contributed by atoms with van der Waals surface area (Å²) >= 11 is 0. The summed E-state index contributed by atoms with van der Waals surface area (Å²) in [5, 5.41) is 2.88. The Morgan fingerprint density at radius 2 is 1.84 bits per heavy atom. The van der Waals surface area contributed by atoms with Crippen molar-refractivity contribution in [1.82, 2.24) is 15.2 Å². The molecule has 9 heteroatoms. The smallest absolute Gasteiger partial charge is 0.416 e. The van der Waals surface area contributed by atoms with Gasteiger partial charge in [0.15, 0.2) is 0 Å².